The Labute approximate surface area is 169 Å². The summed E-state index contributed by atoms with van der Waals surface area (Å²) in [7, 11) is 0. The third kappa shape index (κ3) is 3.27. The first-order valence-electron chi connectivity index (χ1n) is 8.30. The molecule has 0 atom stereocenters. The molecule has 0 fully saturated rings. The van der Waals surface area contributed by atoms with Gasteiger partial charge in [-0.3, -0.25) is 0 Å². The molecule has 0 aliphatic rings. The third-order valence-electron chi connectivity index (χ3n) is 4.37. The van der Waals surface area contributed by atoms with Gasteiger partial charge in [-0.2, -0.15) is 5.10 Å². The van der Waals surface area contributed by atoms with Gasteiger partial charge in [0.1, 0.15) is 5.69 Å². The number of hydrogen-bond donors (Lipinski definition) is 0. The number of hydrogen-bond acceptors (Lipinski definition) is 1. The predicted molar refractivity (Wildman–Crippen MR) is 115 cm³/mol. The van der Waals surface area contributed by atoms with E-state index < -0.39 is 0 Å². The second-order valence-corrected chi connectivity index (χ2v) is 7.90. The molecule has 26 heavy (non-hydrogen) atoms. The van der Waals surface area contributed by atoms with Crippen LogP contribution in [0.5, 0.6) is 0 Å². The Kier molecular flexibility index (Phi) is 4.79. The molecule has 0 N–H and O–H groups in total. The van der Waals surface area contributed by atoms with Crippen molar-refractivity contribution in [2.45, 2.75) is 6.92 Å². The molecule has 0 amide bonds. The Hall–Kier alpha value is -2.17. The van der Waals surface area contributed by atoms with Crippen LogP contribution >= 0.6 is 31.9 Å². The quantitative estimate of drug-likeness (QED) is 0.316. The van der Waals surface area contributed by atoms with Crippen LogP contribution in [0.15, 0.2) is 87.8 Å². The van der Waals surface area contributed by atoms with Gasteiger partial charge in [0, 0.05) is 25.8 Å². The first-order valence-corrected chi connectivity index (χ1v) is 9.89. The lowest BCUT2D eigenvalue weighted by Crippen LogP contribution is -1.98. The summed E-state index contributed by atoms with van der Waals surface area (Å²) in [6, 6.07) is 27.0. The number of benzene rings is 3. The van der Waals surface area contributed by atoms with Crippen LogP contribution in [0.25, 0.3) is 28.1 Å². The van der Waals surface area contributed by atoms with E-state index >= 15 is 0 Å². The van der Waals surface area contributed by atoms with Gasteiger partial charge in [-0.25, -0.2) is 4.68 Å². The summed E-state index contributed by atoms with van der Waals surface area (Å²) in [4.78, 5) is 0. The standard InChI is InChI=1S/C22H16Br2N2/c1-15-21(16-7-9-18(23)10-8-16)22(17-5-3-2-4-6-17)25-26(15)20-13-11-19(24)12-14-20/h2-14H,1H3. The van der Waals surface area contributed by atoms with Gasteiger partial charge < -0.3 is 0 Å². The van der Waals surface area contributed by atoms with Crippen LogP contribution in [-0.2, 0) is 0 Å². The average molecular weight is 468 g/mol. The van der Waals surface area contributed by atoms with E-state index in [4.69, 9.17) is 5.10 Å². The van der Waals surface area contributed by atoms with Crippen molar-refractivity contribution >= 4 is 31.9 Å². The summed E-state index contributed by atoms with van der Waals surface area (Å²) in [5.41, 5.74) is 6.59. The molecule has 0 bridgehead atoms. The van der Waals surface area contributed by atoms with E-state index in [1.165, 1.54) is 0 Å². The molecule has 4 aromatic rings. The van der Waals surface area contributed by atoms with Crippen molar-refractivity contribution in [2.24, 2.45) is 0 Å². The minimum absolute atomic E-state index is 0.994. The molecular formula is C22H16Br2N2. The summed E-state index contributed by atoms with van der Waals surface area (Å²) < 4.78 is 4.15. The van der Waals surface area contributed by atoms with Crippen molar-refractivity contribution in [1.29, 1.82) is 0 Å². The molecule has 3 aromatic carbocycles. The Morgan fingerprint density at radius 3 is 1.88 bits per heavy atom. The van der Waals surface area contributed by atoms with Crippen LogP contribution in [0.1, 0.15) is 5.69 Å². The van der Waals surface area contributed by atoms with Crippen LogP contribution in [0.3, 0.4) is 0 Å². The van der Waals surface area contributed by atoms with E-state index in [-0.39, 0.29) is 0 Å². The van der Waals surface area contributed by atoms with Gasteiger partial charge in [-0.1, -0.05) is 74.3 Å². The smallest absolute Gasteiger partial charge is 0.101 e. The highest BCUT2D eigenvalue weighted by Crippen LogP contribution is 2.36. The topological polar surface area (TPSA) is 17.8 Å². The summed E-state index contributed by atoms with van der Waals surface area (Å²) in [5, 5.41) is 4.97. The Morgan fingerprint density at radius 1 is 0.692 bits per heavy atom. The molecule has 0 radical (unpaired) electrons. The van der Waals surface area contributed by atoms with E-state index in [9.17, 15) is 0 Å². The lowest BCUT2D eigenvalue weighted by molar-refractivity contribution is 0.850. The molecule has 0 saturated carbocycles. The lowest BCUT2D eigenvalue weighted by Gasteiger charge is -2.06. The molecular weight excluding hydrogens is 452 g/mol. The molecule has 0 aliphatic carbocycles. The fraction of sp³-hybridized carbons (Fsp3) is 0.0455. The van der Waals surface area contributed by atoms with Crippen molar-refractivity contribution < 1.29 is 0 Å². The molecule has 0 saturated heterocycles. The van der Waals surface area contributed by atoms with Crippen LogP contribution in [0, 0.1) is 6.92 Å². The number of nitrogens with zero attached hydrogens (tertiary/aromatic N) is 2. The molecule has 1 heterocycles. The number of halogens is 2. The number of rotatable bonds is 3. The minimum Gasteiger partial charge on any atom is -0.237 e. The largest absolute Gasteiger partial charge is 0.237 e. The molecule has 1 aromatic heterocycles. The van der Waals surface area contributed by atoms with E-state index in [1.807, 2.05) is 22.9 Å². The van der Waals surface area contributed by atoms with Crippen LogP contribution in [0.4, 0.5) is 0 Å². The molecule has 0 unspecified atom stereocenters. The monoisotopic (exact) mass is 466 g/mol. The van der Waals surface area contributed by atoms with Crippen LogP contribution < -0.4 is 0 Å². The SMILES string of the molecule is Cc1c(-c2ccc(Br)cc2)c(-c2ccccc2)nn1-c1ccc(Br)cc1. The van der Waals surface area contributed by atoms with Crippen molar-refractivity contribution in [3.8, 4) is 28.1 Å². The van der Waals surface area contributed by atoms with Gasteiger partial charge in [0.25, 0.3) is 0 Å². The molecule has 4 heteroatoms. The molecule has 0 aliphatic heterocycles. The van der Waals surface area contributed by atoms with Crippen molar-refractivity contribution in [1.82, 2.24) is 9.78 Å². The summed E-state index contributed by atoms with van der Waals surface area (Å²) >= 11 is 7.03. The van der Waals surface area contributed by atoms with Crippen LogP contribution in [0.2, 0.25) is 0 Å². The molecule has 2 nitrogen and oxygen atoms in total. The van der Waals surface area contributed by atoms with Crippen LogP contribution in [-0.4, -0.2) is 9.78 Å². The lowest BCUT2D eigenvalue weighted by atomic mass is 9.99. The molecule has 4 rings (SSSR count). The van der Waals surface area contributed by atoms with Crippen molar-refractivity contribution in [3.63, 3.8) is 0 Å². The highest BCUT2D eigenvalue weighted by Gasteiger charge is 2.18. The zero-order valence-electron chi connectivity index (χ0n) is 14.2. The molecule has 128 valence electrons. The Balaban J connectivity index is 1.96. The van der Waals surface area contributed by atoms with Crippen molar-refractivity contribution in [3.05, 3.63) is 93.5 Å². The van der Waals surface area contributed by atoms with Gasteiger partial charge in [0.2, 0.25) is 0 Å². The number of aromatic nitrogens is 2. The van der Waals surface area contributed by atoms with Gasteiger partial charge in [0.15, 0.2) is 0 Å². The maximum atomic E-state index is 4.97. The zero-order chi connectivity index (χ0) is 18.1. The fourth-order valence-corrected chi connectivity index (χ4v) is 3.62. The zero-order valence-corrected chi connectivity index (χ0v) is 17.3. The average Bonchev–Trinajstić information content (AvgIpc) is 3.01. The van der Waals surface area contributed by atoms with Crippen molar-refractivity contribution in [2.75, 3.05) is 0 Å². The predicted octanol–water partition coefficient (Wildman–Crippen LogP) is 7.04. The van der Waals surface area contributed by atoms with E-state index in [0.717, 1.165) is 42.7 Å². The van der Waals surface area contributed by atoms with Gasteiger partial charge >= 0.3 is 0 Å². The van der Waals surface area contributed by atoms with Gasteiger partial charge in [-0.05, 0) is 48.9 Å². The minimum atomic E-state index is 0.994. The highest BCUT2D eigenvalue weighted by atomic mass is 79.9. The summed E-state index contributed by atoms with van der Waals surface area (Å²) in [6.45, 7) is 2.12. The Bertz CT molecular complexity index is 1030. The van der Waals surface area contributed by atoms with Gasteiger partial charge in [-0.15, -0.1) is 0 Å². The van der Waals surface area contributed by atoms with Gasteiger partial charge in [0.05, 0.1) is 5.69 Å². The Morgan fingerprint density at radius 2 is 1.27 bits per heavy atom. The maximum absolute atomic E-state index is 4.97. The first kappa shape index (κ1) is 17.3. The normalized spacial score (nSPS) is 10.9. The van der Waals surface area contributed by atoms with E-state index in [1.54, 1.807) is 0 Å². The summed E-state index contributed by atoms with van der Waals surface area (Å²) in [6.07, 6.45) is 0. The second-order valence-electron chi connectivity index (χ2n) is 6.07. The molecule has 0 spiro atoms. The second kappa shape index (κ2) is 7.22. The third-order valence-corrected chi connectivity index (χ3v) is 5.42. The fourth-order valence-electron chi connectivity index (χ4n) is 3.10. The highest BCUT2D eigenvalue weighted by molar-refractivity contribution is 9.10. The van der Waals surface area contributed by atoms with E-state index in [0.29, 0.717) is 0 Å². The summed E-state index contributed by atoms with van der Waals surface area (Å²) in [5.74, 6) is 0. The maximum Gasteiger partial charge on any atom is 0.101 e. The first-order chi connectivity index (χ1) is 12.6. The van der Waals surface area contributed by atoms with E-state index in [2.05, 4.69) is 99.4 Å².